The van der Waals surface area contributed by atoms with Crippen LogP contribution in [0.1, 0.15) is 26.6 Å². The van der Waals surface area contributed by atoms with Crippen molar-refractivity contribution in [2.24, 2.45) is 5.73 Å². The summed E-state index contributed by atoms with van der Waals surface area (Å²) in [5.74, 6) is -0.460. The molecule has 0 aliphatic rings. The molecule has 4 rings (SSSR count). The highest BCUT2D eigenvalue weighted by atomic mass is 32.1. The number of thiazole rings is 1. The summed E-state index contributed by atoms with van der Waals surface area (Å²) in [6.07, 6.45) is 6.11. The summed E-state index contributed by atoms with van der Waals surface area (Å²) in [6, 6.07) is 10.6. The Balaban J connectivity index is 1.61. The molecule has 172 valence electrons. The van der Waals surface area contributed by atoms with Crippen molar-refractivity contribution in [2.45, 2.75) is 13.1 Å². The van der Waals surface area contributed by atoms with Crippen LogP contribution in [-0.4, -0.2) is 32.3 Å². The number of rotatable bonds is 8. The van der Waals surface area contributed by atoms with Crippen molar-refractivity contribution in [1.82, 2.24) is 24.8 Å². The lowest BCUT2D eigenvalue weighted by Gasteiger charge is -2.09. The van der Waals surface area contributed by atoms with Gasteiger partial charge in [-0.25, -0.2) is 15.0 Å². The zero-order valence-corrected chi connectivity index (χ0v) is 19.2. The van der Waals surface area contributed by atoms with E-state index in [1.807, 2.05) is 36.7 Å². The number of nitrogens with two attached hydrogens (primary N) is 2. The first kappa shape index (κ1) is 23.0. The molecule has 0 atom stereocenters. The van der Waals surface area contributed by atoms with Crippen LogP contribution < -0.4 is 22.3 Å². The maximum Gasteiger partial charge on any atom is 0.250 e. The summed E-state index contributed by atoms with van der Waals surface area (Å²) < 4.78 is 1.53. The molecule has 0 unspecified atom stereocenters. The van der Waals surface area contributed by atoms with E-state index < -0.39 is 5.78 Å². The Morgan fingerprint density at radius 1 is 1.18 bits per heavy atom. The van der Waals surface area contributed by atoms with Gasteiger partial charge in [0, 0.05) is 47.7 Å². The molecule has 0 fully saturated rings. The second-order valence-electron chi connectivity index (χ2n) is 7.49. The minimum atomic E-state index is -0.459. The van der Waals surface area contributed by atoms with E-state index in [0.29, 0.717) is 29.1 Å². The van der Waals surface area contributed by atoms with Gasteiger partial charge < -0.3 is 21.4 Å². The summed E-state index contributed by atoms with van der Waals surface area (Å²) in [5, 5.41) is 5.73. The third kappa shape index (κ3) is 5.25. The maximum atomic E-state index is 12.9. The molecule has 0 radical (unpaired) electrons. The minimum absolute atomic E-state index is 0.00160. The highest BCUT2D eigenvalue weighted by Crippen LogP contribution is 2.20. The van der Waals surface area contributed by atoms with E-state index in [0.717, 1.165) is 17.1 Å². The van der Waals surface area contributed by atoms with E-state index in [1.165, 1.54) is 34.2 Å². The van der Waals surface area contributed by atoms with E-state index in [2.05, 4.69) is 20.3 Å². The monoisotopic (exact) mass is 473 g/mol. The molecule has 5 N–H and O–H groups in total. The van der Waals surface area contributed by atoms with Crippen molar-refractivity contribution in [1.29, 1.82) is 0 Å². The normalized spacial score (nSPS) is 11.5. The number of anilines is 1. The summed E-state index contributed by atoms with van der Waals surface area (Å²) in [7, 11) is 1.87. The number of nitrogens with zero attached hydrogens (tertiary/aromatic N) is 4. The van der Waals surface area contributed by atoms with E-state index in [4.69, 9.17) is 11.5 Å². The van der Waals surface area contributed by atoms with Crippen molar-refractivity contribution in [2.75, 3.05) is 12.8 Å². The molecule has 1 aromatic carbocycles. The van der Waals surface area contributed by atoms with Gasteiger partial charge in [0.15, 0.2) is 11.5 Å². The molecule has 10 heteroatoms. The summed E-state index contributed by atoms with van der Waals surface area (Å²) in [4.78, 5) is 38.0. The second-order valence-corrected chi connectivity index (χ2v) is 8.47. The molecule has 34 heavy (non-hydrogen) atoms. The zero-order valence-electron chi connectivity index (χ0n) is 18.4. The number of carbonyl (C=O) groups excluding carboxylic acids is 1. The fraction of sp³-hybridized carbons (Fsp3) is 0.125. The van der Waals surface area contributed by atoms with E-state index in [-0.39, 0.29) is 17.1 Å². The number of pyridine rings is 1. The van der Waals surface area contributed by atoms with Crippen molar-refractivity contribution < 1.29 is 4.79 Å². The first-order valence-corrected chi connectivity index (χ1v) is 11.3. The Kier molecular flexibility index (Phi) is 6.90. The van der Waals surface area contributed by atoms with Crippen LogP contribution >= 0.6 is 11.3 Å². The average molecular weight is 474 g/mol. The molecule has 3 heterocycles. The van der Waals surface area contributed by atoms with Crippen LogP contribution in [0, 0.1) is 0 Å². The maximum absolute atomic E-state index is 12.9. The lowest BCUT2D eigenvalue weighted by atomic mass is 10.1. The number of ketones is 1. The first-order valence-electron chi connectivity index (χ1n) is 10.4. The lowest BCUT2D eigenvalue weighted by Crippen LogP contribution is -2.19. The molecule has 4 aromatic rings. The topological polar surface area (TPSA) is 142 Å². The summed E-state index contributed by atoms with van der Waals surface area (Å²) >= 11 is 1.46. The van der Waals surface area contributed by atoms with Gasteiger partial charge in [0.05, 0.1) is 18.4 Å². The predicted molar refractivity (Wildman–Crippen MR) is 133 cm³/mol. The van der Waals surface area contributed by atoms with Gasteiger partial charge in [-0.15, -0.1) is 11.3 Å². The number of hydrogen-bond acceptors (Lipinski definition) is 9. The Bertz CT molecular complexity index is 1390. The smallest absolute Gasteiger partial charge is 0.250 e. The molecule has 0 saturated heterocycles. The molecular weight excluding hydrogens is 450 g/mol. The molecule has 0 amide bonds. The van der Waals surface area contributed by atoms with Gasteiger partial charge in [-0.3, -0.25) is 9.59 Å². The largest absolute Gasteiger partial charge is 0.398 e. The van der Waals surface area contributed by atoms with Gasteiger partial charge in [0.25, 0.3) is 5.56 Å². The third-order valence-electron chi connectivity index (χ3n) is 5.06. The van der Waals surface area contributed by atoms with Crippen LogP contribution in [0.5, 0.6) is 0 Å². The third-order valence-corrected chi connectivity index (χ3v) is 5.82. The number of nitrogens with one attached hydrogen (secondary N) is 1. The number of allylic oxidation sites excluding steroid dienone is 1. The zero-order chi connectivity index (χ0) is 24.1. The second kappa shape index (κ2) is 10.2. The molecule has 3 aromatic heterocycles. The first-order chi connectivity index (χ1) is 16.4. The SMILES string of the molecule is CNCc1ccc(C(N)=CC(=O)c2nc(-c3ccc(=O)n(Cc4nccs4)c3)cnc2N)cc1. The van der Waals surface area contributed by atoms with Gasteiger partial charge in [-0.05, 0) is 24.2 Å². The van der Waals surface area contributed by atoms with Gasteiger partial charge in [0.1, 0.15) is 5.01 Å². The predicted octanol–water partition coefficient (Wildman–Crippen LogP) is 2.29. The minimum Gasteiger partial charge on any atom is -0.398 e. The van der Waals surface area contributed by atoms with E-state index in [1.54, 1.807) is 18.5 Å². The molecule has 0 aliphatic heterocycles. The van der Waals surface area contributed by atoms with Crippen LogP contribution in [0.3, 0.4) is 0 Å². The van der Waals surface area contributed by atoms with Crippen LogP contribution in [0.25, 0.3) is 17.0 Å². The molecule has 9 nitrogen and oxygen atoms in total. The fourth-order valence-corrected chi connectivity index (χ4v) is 3.93. The number of aromatic nitrogens is 4. The number of carbonyl (C=O) groups is 1. The van der Waals surface area contributed by atoms with Gasteiger partial charge >= 0.3 is 0 Å². The number of nitrogen functional groups attached to an aromatic ring is 1. The lowest BCUT2D eigenvalue weighted by molar-refractivity contribution is 0.104. The van der Waals surface area contributed by atoms with Crippen LogP contribution in [-0.2, 0) is 13.1 Å². The molecular formula is C24H23N7O2S. The Morgan fingerprint density at radius 3 is 2.68 bits per heavy atom. The van der Waals surface area contributed by atoms with E-state index >= 15 is 0 Å². The average Bonchev–Trinajstić information content (AvgIpc) is 3.34. The molecule has 0 aliphatic carbocycles. The Labute approximate surface area is 199 Å². The van der Waals surface area contributed by atoms with Crippen LogP contribution in [0.15, 0.2) is 71.2 Å². The molecule has 0 saturated carbocycles. The van der Waals surface area contributed by atoms with Crippen LogP contribution in [0.4, 0.5) is 5.82 Å². The quantitative estimate of drug-likeness (QED) is 0.261. The van der Waals surface area contributed by atoms with Crippen molar-refractivity contribution >= 4 is 28.6 Å². The summed E-state index contributed by atoms with van der Waals surface area (Å²) in [5.41, 5.74) is 15.1. The highest BCUT2D eigenvalue weighted by Gasteiger charge is 2.15. The summed E-state index contributed by atoms with van der Waals surface area (Å²) in [6.45, 7) is 1.07. The highest BCUT2D eigenvalue weighted by molar-refractivity contribution is 7.09. The van der Waals surface area contributed by atoms with Crippen molar-refractivity contribution in [3.05, 3.63) is 98.6 Å². The number of hydrogen-bond donors (Lipinski definition) is 3. The van der Waals surface area contributed by atoms with Crippen molar-refractivity contribution in [3.8, 4) is 11.3 Å². The van der Waals surface area contributed by atoms with Crippen LogP contribution in [0.2, 0.25) is 0 Å². The van der Waals surface area contributed by atoms with E-state index in [9.17, 15) is 9.59 Å². The number of benzene rings is 1. The van der Waals surface area contributed by atoms with Crippen molar-refractivity contribution in [3.63, 3.8) is 0 Å². The molecule has 0 spiro atoms. The van der Waals surface area contributed by atoms with Gasteiger partial charge in [0.2, 0.25) is 5.78 Å². The fourth-order valence-electron chi connectivity index (χ4n) is 3.31. The standard InChI is InChI=1S/C24H23N7O2S/c1-27-11-15-2-4-16(5-3-15)18(25)10-20(32)23-24(26)29-12-19(30-23)17-6-7-22(33)31(13-17)14-21-28-8-9-34-21/h2-10,12-13,27H,11,14,25H2,1H3,(H2,26,29). The van der Waals surface area contributed by atoms with Gasteiger partial charge in [-0.1, -0.05) is 24.3 Å². The molecule has 0 bridgehead atoms. The Morgan fingerprint density at radius 2 is 1.97 bits per heavy atom. The Hall–Kier alpha value is -4.15. The van der Waals surface area contributed by atoms with Gasteiger partial charge in [-0.2, -0.15) is 0 Å².